The van der Waals surface area contributed by atoms with Crippen LogP contribution in [0.1, 0.15) is 5.69 Å². The molecule has 2 heterocycles. The average Bonchev–Trinajstić information content (AvgIpc) is 2.79. The van der Waals surface area contributed by atoms with Gasteiger partial charge in [0.1, 0.15) is 12.7 Å². The van der Waals surface area contributed by atoms with Gasteiger partial charge in [0.25, 0.3) is 5.91 Å². The maximum absolute atomic E-state index is 11.9. The van der Waals surface area contributed by atoms with Crippen LogP contribution in [0.2, 0.25) is 0 Å². The summed E-state index contributed by atoms with van der Waals surface area (Å²) in [4.78, 5) is 28.2. The summed E-state index contributed by atoms with van der Waals surface area (Å²) < 4.78 is 16.3. The van der Waals surface area contributed by atoms with Crippen LogP contribution in [-0.2, 0) is 14.3 Å². The van der Waals surface area contributed by atoms with Crippen LogP contribution in [0.5, 0.6) is 11.5 Å². The molecule has 1 unspecified atom stereocenters. The Bertz CT molecular complexity index is 1100. The van der Waals surface area contributed by atoms with Crippen molar-refractivity contribution in [2.45, 2.75) is 6.10 Å². The molecule has 1 amide bonds. The van der Waals surface area contributed by atoms with Crippen LogP contribution in [0, 0.1) is 0 Å². The molecule has 0 spiro atoms. The van der Waals surface area contributed by atoms with Gasteiger partial charge in [0, 0.05) is 11.5 Å². The Kier molecular flexibility index (Phi) is 5.89. The van der Waals surface area contributed by atoms with E-state index in [9.17, 15) is 9.59 Å². The molecule has 2 aromatic carbocycles. The number of nitrogens with zero attached hydrogens (tertiary/aromatic N) is 1. The van der Waals surface area contributed by atoms with Gasteiger partial charge in [0.05, 0.1) is 17.8 Å². The van der Waals surface area contributed by atoms with E-state index in [1.54, 1.807) is 6.08 Å². The van der Waals surface area contributed by atoms with E-state index in [1.165, 1.54) is 6.08 Å². The quantitative estimate of drug-likeness (QED) is 0.502. The Labute approximate surface area is 173 Å². The van der Waals surface area contributed by atoms with Gasteiger partial charge in [-0.1, -0.05) is 36.4 Å². The van der Waals surface area contributed by atoms with E-state index in [-0.39, 0.29) is 19.3 Å². The Hall–Kier alpha value is -3.87. The minimum atomic E-state index is -0.619. The summed E-state index contributed by atoms with van der Waals surface area (Å²) in [5.41, 5.74) is 1.47. The van der Waals surface area contributed by atoms with Crippen LogP contribution in [0.15, 0.2) is 66.7 Å². The number of amides is 1. The first-order valence-electron chi connectivity index (χ1n) is 9.53. The smallest absolute Gasteiger partial charge is 0.331 e. The SMILES string of the molecule is O=C(COC(=O)/C=C/c1ccc2ccccc2n1)NCC1COc2ccccc2O1. The molecule has 0 bridgehead atoms. The number of ether oxygens (including phenoxy) is 3. The summed E-state index contributed by atoms with van der Waals surface area (Å²) in [5.74, 6) is 0.290. The highest BCUT2D eigenvalue weighted by molar-refractivity contribution is 5.89. The van der Waals surface area contributed by atoms with Gasteiger partial charge in [-0.2, -0.15) is 0 Å². The maximum Gasteiger partial charge on any atom is 0.331 e. The molecule has 0 saturated heterocycles. The Morgan fingerprint density at radius 2 is 1.87 bits per heavy atom. The van der Waals surface area contributed by atoms with E-state index in [0.717, 1.165) is 10.9 Å². The second kappa shape index (κ2) is 9.09. The molecule has 7 nitrogen and oxygen atoms in total. The van der Waals surface area contributed by atoms with Crippen LogP contribution in [0.25, 0.3) is 17.0 Å². The lowest BCUT2D eigenvalue weighted by Gasteiger charge is -2.26. The molecule has 1 N–H and O–H groups in total. The molecule has 0 saturated carbocycles. The predicted molar refractivity (Wildman–Crippen MR) is 111 cm³/mol. The topological polar surface area (TPSA) is 86.8 Å². The maximum atomic E-state index is 11.9. The number of esters is 1. The number of pyridine rings is 1. The molecular formula is C23H20N2O5. The number of fused-ring (bicyclic) bond motifs is 2. The first kappa shape index (κ1) is 19.4. The number of para-hydroxylation sites is 3. The van der Waals surface area contributed by atoms with Crippen LogP contribution < -0.4 is 14.8 Å². The van der Waals surface area contributed by atoms with Crippen LogP contribution in [0.4, 0.5) is 0 Å². The van der Waals surface area contributed by atoms with Crippen molar-refractivity contribution in [2.75, 3.05) is 19.8 Å². The fraction of sp³-hybridized carbons (Fsp3) is 0.174. The largest absolute Gasteiger partial charge is 0.486 e. The fourth-order valence-electron chi connectivity index (χ4n) is 2.96. The van der Waals surface area contributed by atoms with Gasteiger partial charge in [0.15, 0.2) is 18.1 Å². The minimum absolute atomic E-state index is 0.252. The van der Waals surface area contributed by atoms with Gasteiger partial charge in [-0.3, -0.25) is 4.79 Å². The number of aromatic nitrogens is 1. The minimum Gasteiger partial charge on any atom is -0.486 e. The summed E-state index contributed by atoms with van der Waals surface area (Å²) in [6.45, 7) is 0.207. The number of hydrogen-bond acceptors (Lipinski definition) is 6. The van der Waals surface area contributed by atoms with E-state index >= 15 is 0 Å². The first-order valence-corrected chi connectivity index (χ1v) is 9.53. The molecular weight excluding hydrogens is 384 g/mol. The van der Waals surface area contributed by atoms with Crippen molar-refractivity contribution >= 4 is 28.9 Å². The van der Waals surface area contributed by atoms with E-state index in [1.807, 2.05) is 60.7 Å². The van der Waals surface area contributed by atoms with E-state index in [2.05, 4.69) is 10.3 Å². The molecule has 0 fully saturated rings. The molecule has 1 aromatic heterocycles. The van der Waals surface area contributed by atoms with E-state index < -0.39 is 11.9 Å². The molecule has 152 valence electrons. The van der Waals surface area contributed by atoms with Gasteiger partial charge in [-0.05, 0) is 30.3 Å². The molecule has 7 heteroatoms. The molecule has 30 heavy (non-hydrogen) atoms. The highest BCUT2D eigenvalue weighted by Crippen LogP contribution is 2.30. The third kappa shape index (κ3) is 4.94. The lowest BCUT2D eigenvalue weighted by atomic mass is 10.2. The van der Waals surface area contributed by atoms with Crippen LogP contribution >= 0.6 is 0 Å². The van der Waals surface area contributed by atoms with Crippen molar-refractivity contribution in [2.24, 2.45) is 0 Å². The van der Waals surface area contributed by atoms with Gasteiger partial charge < -0.3 is 19.5 Å². The van der Waals surface area contributed by atoms with Crippen molar-refractivity contribution in [3.8, 4) is 11.5 Å². The summed E-state index contributed by atoms with van der Waals surface area (Å²) in [6.07, 6.45) is 2.50. The molecule has 1 aliphatic heterocycles. The van der Waals surface area contributed by atoms with Crippen molar-refractivity contribution in [1.82, 2.24) is 10.3 Å². The highest BCUT2D eigenvalue weighted by Gasteiger charge is 2.21. The Morgan fingerprint density at radius 1 is 1.07 bits per heavy atom. The number of carbonyl (C=O) groups excluding carboxylic acids is 2. The first-order chi connectivity index (χ1) is 14.7. The molecule has 1 aliphatic rings. The second-order valence-electron chi connectivity index (χ2n) is 6.67. The van der Waals surface area contributed by atoms with Crippen molar-refractivity contribution in [3.05, 3.63) is 72.4 Å². The van der Waals surface area contributed by atoms with E-state index in [0.29, 0.717) is 23.8 Å². The van der Waals surface area contributed by atoms with Crippen LogP contribution in [0.3, 0.4) is 0 Å². The zero-order valence-corrected chi connectivity index (χ0v) is 16.1. The summed E-state index contributed by atoms with van der Waals surface area (Å²) in [5, 5.41) is 3.69. The highest BCUT2D eigenvalue weighted by atomic mass is 16.6. The number of nitrogens with one attached hydrogen (secondary N) is 1. The lowest BCUT2D eigenvalue weighted by molar-refractivity contribution is -0.143. The number of rotatable bonds is 6. The summed E-state index contributed by atoms with van der Waals surface area (Å²) in [6, 6.07) is 18.8. The van der Waals surface area contributed by atoms with Crippen molar-refractivity contribution in [1.29, 1.82) is 0 Å². The third-order valence-corrected chi connectivity index (χ3v) is 4.45. The molecule has 1 atom stereocenters. The number of hydrogen-bond donors (Lipinski definition) is 1. The molecule has 0 aliphatic carbocycles. The summed E-state index contributed by atoms with van der Waals surface area (Å²) >= 11 is 0. The monoisotopic (exact) mass is 404 g/mol. The van der Waals surface area contributed by atoms with Crippen LogP contribution in [-0.4, -0.2) is 42.7 Å². The standard InChI is InChI=1S/C23H20N2O5/c26-22(24-13-18-14-28-20-7-3-4-8-21(20)30-18)15-29-23(27)12-11-17-10-9-16-5-1-2-6-19(16)25-17/h1-12,18H,13-15H2,(H,24,26)/b12-11+. The number of benzene rings is 2. The van der Waals surface area contributed by atoms with Gasteiger partial charge in [0.2, 0.25) is 0 Å². The fourth-order valence-corrected chi connectivity index (χ4v) is 2.96. The normalized spacial score (nSPS) is 15.1. The van der Waals surface area contributed by atoms with Gasteiger partial charge in [-0.25, -0.2) is 9.78 Å². The Balaban J connectivity index is 1.21. The molecule has 0 radical (unpaired) electrons. The van der Waals surface area contributed by atoms with Gasteiger partial charge >= 0.3 is 5.97 Å². The van der Waals surface area contributed by atoms with Gasteiger partial charge in [-0.15, -0.1) is 0 Å². The van der Waals surface area contributed by atoms with Crippen molar-refractivity contribution in [3.63, 3.8) is 0 Å². The summed E-state index contributed by atoms with van der Waals surface area (Å²) in [7, 11) is 0. The third-order valence-electron chi connectivity index (χ3n) is 4.45. The zero-order chi connectivity index (χ0) is 20.8. The molecule has 4 rings (SSSR count). The average molecular weight is 404 g/mol. The lowest BCUT2D eigenvalue weighted by Crippen LogP contribution is -2.42. The zero-order valence-electron chi connectivity index (χ0n) is 16.1. The molecule has 3 aromatic rings. The number of carbonyl (C=O) groups is 2. The predicted octanol–water partition coefficient (Wildman–Crippen LogP) is 2.75. The van der Waals surface area contributed by atoms with E-state index in [4.69, 9.17) is 14.2 Å². The van der Waals surface area contributed by atoms with Crippen molar-refractivity contribution < 1.29 is 23.8 Å². The second-order valence-corrected chi connectivity index (χ2v) is 6.67. The Morgan fingerprint density at radius 3 is 2.77 bits per heavy atom.